The van der Waals surface area contributed by atoms with Crippen LogP contribution < -0.4 is 16.8 Å². The number of ether oxygens (including phenoxy) is 2. The van der Waals surface area contributed by atoms with Crippen molar-refractivity contribution in [2.24, 2.45) is 23.5 Å². The lowest BCUT2D eigenvalue weighted by Crippen LogP contribution is -2.52. The van der Waals surface area contributed by atoms with E-state index in [0.29, 0.717) is 24.2 Å². The molecule has 0 aromatic heterocycles. The normalized spacial score (nSPS) is 18.5. The zero-order chi connectivity index (χ0) is 39.9. The third kappa shape index (κ3) is 14.3. The van der Waals surface area contributed by atoms with E-state index in [1.807, 2.05) is 51.6 Å². The van der Waals surface area contributed by atoms with Gasteiger partial charge in [0.25, 0.3) is 0 Å². The Labute approximate surface area is 313 Å². The summed E-state index contributed by atoms with van der Waals surface area (Å²) in [6.45, 7) is 14.5. The van der Waals surface area contributed by atoms with Crippen molar-refractivity contribution in [3.8, 4) is 0 Å². The molecule has 298 valence electrons. The van der Waals surface area contributed by atoms with E-state index in [0.717, 1.165) is 19.3 Å². The van der Waals surface area contributed by atoms with Crippen LogP contribution in [0.3, 0.4) is 0 Å². The van der Waals surface area contributed by atoms with Gasteiger partial charge in [-0.1, -0.05) is 60.1 Å². The molecule has 0 saturated carbocycles. The number of likely N-dealkylation sites (N-methyl/N-ethyl adjacent to an activating group) is 2. The quantitative estimate of drug-likeness (QED) is 0.155. The minimum absolute atomic E-state index is 0.0463. The summed E-state index contributed by atoms with van der Waals surface area (Å²) in [5.41, 5.74) is 12.2. The summed E-state index contributed by atoms with van der Waals surface area (Å²) >= 11 is 0. The Morgan fingerprint density at radius 1 is 0.962 bits per heavy atom. The van der Waals surface area contributed by atoms with Crippen LogP contribution in [-0.4, -0.2) is 122 Å². The van der Waals surface area contributed by atoms with E-state index in [1.165, 1.54) is 0 Å². The number of nitrogens with two attached hydrogens (primary N) is 2. The monoisotopic (exact) mass is 735 g/mol. The predicted octanol–water partition coefficient (Wildman–Crippen LogP) is 3.59. The number of carbonyl (C=O) groups is 4. The largest absolute Gasteiger partial charge is 0.399 e. The van der Waals surface area contributed by atoms with Gasteiger partial charge in [0.05, 0.1) is 55.3 Å². The van der Waals surface area contributed by atoms with Crippen molar-refractivity contribution in [2.45, 2.75) is 129 Å². The molecule has 0 aliphatic carbocycles. The van der Waals surface area contributed by atoms with Crippen LogP contribution in [0.1, 0.15) is 98.7 Å². The fourth-order valence-corrected chi connectivity index (χ4v) is 7.13. The molecule has 13 heteroatoms. The van der Waals surface area contributed by atoms with Crippen molar-refractivity contribution in [3.05, 3.63) is 29.8 Å². The predicted molar refractivity (Wildman–Crippen MR) is 206 cm³/mol. The fourth-order valence-electron chi connectivity index (χ4n) is 7.13. The van der Waals surface area contributed by atoms with Gasteiger partial charge < -0.3 is 41.2 Å². The third-order valence-electron chi connectivity index (χ3n) is 10.1. The van der Waals surface area contributed by atoms with E-state index in [2.05, 4.69) is 19.2 Å². The number of anilines is 1. The lowest BCUT2D eigenvalue weighted by Gasteiger charge is -2.39. The molecule has 1 aliphatic rings. The summed E-state index contributed by atoms with van der Waals surface area (Å²) in [6, 6.07) is 5.72. The summed E-state index contributed by atoms with van der Waals surface area (Å²) in [7, 11) is 8.67. The van der Waals surface area contributed by atoms with Gasteiger partial charge in [-0.2, -0.15) is 0 Å². The van der Waals surface area contributed by atoms with Gasteiger partial charge in [0.2, 0.25) is 23.6 Å². The summed E-state index contributed by atoms with van der Waals surface area (Å²) in [6.07, 6.45) is 1.15. The number of primary amides is 1. The molecule has 1 heterocycles. The molecular formula is C39H70N6O7. The highest BCUT2D eigenvalue weighted by Gasteiger charge is 2.40. The van der Waals surface area contributed by atoms with Crippen molar-refractivity contribution < 1.29 is 33.8 Å². The van der Waals surface area contributed by atoms with E-state index in [4.69, 9.17) is 20.9 Å². The number of rotatable bonds is 19. The maximum atomic E-state index is 13.7. The molecule has 8 atom stereocenters. The molecule has 13 nitrogen and oxygen atoms in total. The number of nitrogen functional groups attached to an aromatic ring is 1. The van der Waals surface area contributed by atoms with Crippen LogP contribution in [-0.2, 0) is 28.7 Å². The number of hydrogen-bond acceptors (Lipinski definition) is 9. The van der Waals surface area contributed by atoms with E-state index in [-0.39, 0.29) is 72.3 Å². The molecule has 6 N–H and O–H groups in total. The second-order valence-corrected chi connectivity index (χ2v) is 15.3. The smallest absolute Gasteiger partial charge is 0.235 e. The molecule has 2 rings (SSSR count). The number of methoxy groups -OCH3 is 2. The van der Waals surface area contributed by atoms with Gasteiger partial charge in [0, 0.05) is 39.9 Å². The number of likely N-dealkylation sites (tertiary alicyclic amines) is 1. The van der Waals surface area contributed by atoms with Crippen molar-refractivity contribution in [1.29, 1.82) is 0 Å². The Balaban J connectivity index is 0.00000117. The first-order chi connectivity index (χ1) is 24.3. The van der Waals surface area contributed by atoms with Gasteiger partial charge in [0.1, 0.15) is 0 Å². The zero-order valence-corrected chi connectivity index (χ0v) is 33.9. The van der Waals surface area contributed by atoms with Gasteiger partial charge in [-0.15, -0.1) is 0 Å². The highest BCUT2D eigenvalue weighted by molar-refractivity contribution is 5.80. The lowest BCUT2D eigenvalue weighted by molar-refractivity contribution is -0.145. The zero-order valence-electron chi connectivity index (χ0n) is 33.9. The average molecular weight is 735 g/mol. The second kappa shape index (κ2) is 22.7. The SMILES string of the molecule is CC(C)C(C(N)=O)N(C)C.CCC(C)C(C(CC(=O)N1CCCC1C(CC(=O)N[C@H](C)C(O)c1ccc(N)cc1)OC)OC)N(C)C(=O)CC(C)C. The number of aliphatic hydroxyl groups is 1. The second-order valence-electron chi connectivity index (χ2n) is 15.3. The molecule has 1 aromatic carbocycles. The minimum atomic E-state index is -0.893. The van der Waals surface area contributed by atoms with Gasteiger partial charge in [-0.05, 0) is 69.3 Å². The Hall–Kier alpha value is -3.26. The van der Waals surface area contributed by atoms with Crippen molar-refractivity contribution in [1.82, 2.24) is 20.0 Å². The van der Waals surface area contributed by atoms with Gasteiger partial charge in [-0.3, -0.25) is 24.1 Å². The molecule has 0 spiro atoms. The molecule has 0 bridgehead atoms. The highest BCUT2D eigenvalue weighted by Crippen LogP contribution is 2.28. The van der Waals surface area contributed by atoms with Crippen molar-refractivity contribution in [2.75, 3.05) is 47.6 Å². The van der Waals surface area contributed by atoms with E-state index in [9.17, 15) is 24.3 Å². The molecule has 1 fully saturated rings. The maximum Gasteiger partial charge on any atom is 0.235 e. The first kappa shape index (κ1) is 46.8. The van der Waals surface area contributed by atoms with Gasteiger partial charge in [0.15, 0.2) is 0 Å². The molecule has 4 amide bonds. The Bertz CT molecular complexity index is 1240. The van der Waals surface area contributed by atoms with Crippen molar-refractivity contribution in [3.63, 3.8) is 0 Å². The number of hydrogen-bond donors (Lipinski definition) is 4. The number of nitrogens with one attached hydrogen (secondary N) is 1. The summed E-state index contributed by atoms with van der Waals surface area (Å²) in [5, 5.41) is 13.6. The van der Waals surface area contributed by atoms with Crippen LogP contribution in [0, 0.1) is 17.8 Å². The summed E-state index contributed by atoms with van der Waals surface area (Å²) in [5.74, 6) is 0.117. The molecule has 7 unspecified atom stereocenters. The molecular weight excluding hydrogens is 664 g/mol. The molecule has 0 radical (unpaired) electrons. The van der Waals surface area contributed by atoms with Crippen molar-refractivity contribution >= 4 is 29.3 Å². The lowest BCUT2D eigenvalue weighted by atomic mass is 9.90. The number of amides is 4. The summed E-state index contributed by atoms with van der Waals surface area (Å²) in [4.78, 5) is 55.9. The molecule has 1 aromatic rings. The van der Waals surface area contributed by atoms with Crippen LogP contribution in [0.5, 0.6) is 0 Å². The van der Waals surface area contributed by atoms with Crippen LogP contribution in [0.15, 0.2) is 24.3 Å². The number of carbonyl (C=O) groups excluding carboxylic acids is 4. The average Bonchev–Trinajstić information content (AvgIpc) is 3.56. The van der Waals surface area contributed by atoms with E-state index < -0.39 is 24.4 Å². The summed E-state index contributed by atoms with van der Waals surface area (Å²) < 4.78 is 11.6. The number of aliphatic hydroxyl groups excluding tert-OH is 1. The fraction of sp³-hybridized carbons (Fsp3) is 0.744. The standard InChI is InChI=1S/C32H54N4O6.C7H16N2O/c1-9-21(4)31(35(6)29(38)17-20(2)3)27(42-8)19-30(39)36-16-10-11-25(36)26(41-7)18-28(37)34-22(5)32(40)23-12-14-24(33)15-13-23;1-5(2)6(7(8)10)9(3)4/h12-15,20-22,25-27,31-32,40H,9-11,16-19,33H2,1-8H3,(H,34,37);5-6H,1-4H3,(H2,8,10)/t21?,22-,25?,26?,27?,31?,32?;/m1./s1. The maximum absolute atomic E-state index is 13.7. The molecule has 52 heavy (non-hydrogen) atoms. The Morgan fingerprint density at radius 3 is 2.00 bits per heavy atom. The first-order valence-corrected chi connectivity index (χ1v) is 18.7. The molecule has 1 aliphatic heterocycles. The number of nitrogens with zero attached hydrogens (tertiary/aromatic N) is 3. The van der Waals surface area contributed by atoms with E-state index in [1.54, 1.807) is 57.4 Å². The van der Waals surface area contributed by atoms with Gasteiger partial charge in [-0.25, -0.2) is 0 Å². The Morgan fingerprint density at radius 2 is 1.56 bits per heavy atom. The van der Waals surface area contributed by atoms with E-state index >= 15 is 0 Å². The third-order valence-corrected chi connectivity index (χ3v) is 10.1. The van der Waals surface area contributed by atoms with Crippen LogP contribution in [0.2, 0.25) is 0 Å². The topological polar surface area (TPSA) is 181 Å². The van der Waals surface area contributed by atoms with Crippen LogP contribution in [0.25, 0.3) is 0 Å². The minimum Gasteiger partial charge on any atom is -0.399 e. The van der Waals surface area contributed by atoms with Crippen LogP contribution in [0.4, 0.5) is 5.69 Å². The van der Waals surface area contributed by atoms with Crippen LogP contribution >= 0.6 is 0 Å². The van der Waals surface area contributed by atoms with Gasteiger partial charge >= 0.3 is 0 Å². The Kier molecular flexibility index (Phi) is 20.4. The highest BCUT2D eigenvalue weighted by atomic mass is 16.5. The number of benzene rings is 1. The molecule has 1 saturated heterocycles. The first-order valence-electron chi connectivity index (χ1n) is 18.7.